The molecule has 0 aromatic heterocycles. The first-order valence-corrected chi connectivity index (χ1v) is 7.69. The summed E-state index contributed by atoms with van der Waals surface area (Å²) in [7, 11) is 0. The zero-order chi connectivity index (χ0) is 16.6. The Hall–Kier alpha value is -3.27. The van der Waals surface area contributed by atoms with Gasteiger partial charge in [0.15, 0.2) is 0 Å². The highest BCUT2D eigenvalue weighted by atomic mass is 16.5. The van der Waals surface area contributed by atoms with Crippen LogP contribution in [-0.2, 0) is 6.61 Å². The second-order valence-electron chi connectivity index (χ2n) is 5.22. The quantitative estimate of drug-likeness (QED) is 0.887. The summed E-state index contributed by atoms with van der Waals surface area (Å²) in [6.07, 6.45) is 9.15. The summed E-state index contributed by atoms with van der Waals surface area (Å²) < 4.78 is 5.72. The normalized spacial score (nSPS) is 12.8. The van der Waals surface area contributed by atoms with E-state index in [1.165, 1.54) is 0 Å². The molecule has 0 spiro atoms. The van der Waals surface area contributed by atoms with Crippen LogP contribution in [0, 0.1) is 0 Å². The van der Waals surface area contributed by atoms with Gasteiger partial charge in [0.05, 0.1) is 0 Å². The fourth-order valence-corrected chi connectivity index (χ4v) is 2.17. The van der Waals surface area contributed by atoms with E-state index in [4.69, 9.17) is 4.74 Å². The lowest BCUT2D eigenvalue weighted by molar-refractivity contribution is 0.0964. The van der Waals surface area contributed by atoms with Gasteiger partial charge < -0.3 is 15.4 Å². The van der Waals surface area contributed by atoms with E-state index >= 15 is 0 Å². The Kier molecular flexibility index (Phi) is 5.10. The van der Waals surface area contributed by atoms with Crippen molar-refractivity contribution >= 4 is 5.91 Å². The lowest BCUT2D eigenvalue weighted by Crippen LogP contribution is -2.28. The topological polar surface area (TPSA) is 50.4 Å². The molecule has 0 unspecified atom stereocenters. The summed E-state index contributed by atoms with van der Waals surface area (Å²) in [6.45, 7) is 0.502. The Morgan fingerprint density at radius 3 is 2.54 bits per heavy atom. The van der Waals surface area contributed by atoms with Gasteiger partial charge >= 0.3 is 0 Å². The van der Waals surface area contributed by atoms with Gasteiger partial charge in [0.1, 0.15) is 18.2 Å². The van der Waals surface area contributed by atoms with Gasteiger partial charge in [-0.15, -0.1) is 0 Å². The van der Waals surface area contributed by atoms with Crippen molar-refractivity contribution in [2.75, 3.05) is 0 Å². The van der Waals surface area contributed by atoms with Crippen LogP contribution in [0.3, 0.4) is 0 Å². The predicted octanol–water partition coefficient (Wildman–Crippen LogP) is 3.51. The first-order valence-electron chi connectivity index (χ1n) is 7.69. The molecule has 4 nitrogen and oxygen atoms in total. The summed E-state index contributed by atoms with van der Waals surface area (Å²) in [5.41, 5.74) is 1.67. The fourth-order valence-electron chi connectivity index (χ4n) is 2.17. The second-order valence-corrected chi connectivity index (χ2v) is 5.22. The van der Waals surface area contributed by atoms with Crippen LogP contribution in [0.15, 0.2) is 90.9 Å². The Morgan fingerprint density at radius 1 is 0.958 bits per heavy atom. The monoisotopic (exact) mass is 318 g/mol. The van der Waals surface area contributed by atoms with Gasteiger partial charge in [-0.3, -0.25) is 4.79 Å². The highest BCUT2D eigenvalue weighted by Crippen LogP contribution is 2.14. The van der Waals surface area contributed by atoms with Crippen molar-refractivity contribution in [3.05, 3.63) is 102 Å². The third kappa shape index (κ3) is 4.36. The number of allylic oxidation sites excluding steroid dienone is 4. The molecule has 0 fully saturated rings. The zero-order valence-corrected chi connectivity index (χ0v) is 13.1. The van der Waals surface area contributed by atoms with E-state index in [2.05, 4.69) is 10.6 Å². The van der Waals surface area contributed by atoms with Gasteiger partial charge in [-0.2, -0.15) is 0 Å². The Bertz CT molecular complexity index is 775. The molecular weight excluding hydrogens is 300 g/mol. The summed E-state index contributed by atoms with van der Waals surface area (Å²) in [5.74, 6) is 1.19. The highest BCUT2D eigenvalue weighted by molar-refractivity contribution is 5.95. The number of benzene rings is 2. The molecule has 0 radical (unpaired) electrons. The summed E-state index contributed by atoms with van der Waals surface area (Å²) in [4.78, 5) is 12.2. The van der Waals surface area contributed by atoms with E-state index in [1.54, 1.807) is 36.5 Å². The molecule has 4 heteroatoms. The standard InChI is InChI=1S/C20H18N2O2/c23-20(22-19-9-5-2-6-14-21-19)17-10-12-18(13-11-17)24-15-16-7-3-1-4-8-16/h1-14,21H,15H2,(H,22,23). The lowest BCUT2D eigenvalue weighted by Gasteiger charge is -2.10. The molecule has 1 amide bonds. The minimum atomic E-state index is -0.174. The van der Waals surface area contributed by atoms with E-state index in [1.807, 2.05) is 48.6 Å². The third-order valence-electron chi connectivity index (χ3n) is 3.43. The van der Waals surface area contributed by atoms with Crippen molar-refractivity contribution in [2.24, 2.45) is 0 Å². The van der Waals surface area contributed by atoms with Crippen LogP contribution < -0.4 is 15.4 Å². The van der Waals surface area contributed by atoms with E-state index in [9.17, 15) is 4.79 Å². The number of rotatable bonds is 5. The zero-order valence-electron chi connectivity index (χ0n) is 13.1. The molecule has 2 aromatic carbocycles. The number of amides is 1. The molecule has 2 aromatic rings. The molecule has 1 aliphatic heterocycles. The van der Waals surface area contributed by atoms with Crippen LogP contribution in [0.1, 0.15) is 15.9 Å². The maximum Gasteiger partial charge on any atom is 0.256 e. The minimum absolute atomic E-state index is 0.174. The molecule has 0 atom stereocenters. The maximum atomic E-state index is 12.2. The van der Waals surface area contributed by atoms with E-state index in [0.29, 0.717) is 18.0 Å². The first kappa shape index (κ1) is 15.6. The van der Waals surface area contributed by atoms with Crippen LogP contribution >= 0.6 is 0 Å². The van der Waals surface area contributed by atoms with Crippen LogP contribution in [-0.4, -0.2) is 5.91 Å². The number of carbonyl (C=O) groups is 1. The van der Waals surface area contributed by atoms with Crippen molar-refractivity contribution in [1.29, 1.82) is 0 Å². The molecular formula is C20H18N2O2. The van der Waals surface area contributed by atoms with Crippen molar-refractivity contribution in [2.45, 2.75) is 6.61 Å². The predicted molar refractivity (Wildman–Crippen MR) is 94.2 cm³/mol. The molecule has 2 N–H and O–H groups in total. The Morgan fingerprint density at radius 2 is 1.75 bits per heavy atom. The number of hydrogen-bond acceptors (Lipinski definition) is 3. The van der Waals surface area contributed by atoms with Gasteiger partial charge in [-0.25, -0.2) is 0 Å². The summed E-state index contributed by atoms with van der Waals surface area (Å²) in [6, 6.07) is 17.0. The lowest BCUT2D eigenvalue weighted by atomic mass is 10.2. The van der Waals surface area contributed by atoms with Crippen LogP contribution in [0.4, 0.5) is 0 Å². The van der Waals surface area contributed by atoms with Gasteiger partial charge in [0.2, 0.25) is 0 Å². The van der Waals surface area contributed by atoms with Crippen molar-refractivity contribution in [3.63, 3.8) is 0 Å². The van der Waals surface area contributed by atoms with Crippen LogP contribution in [0.5, 0.6) is 5.75 Å². The highest BCUT2D eigenvalue weighted by Gasteiger charge is 2.07. The molecule has 24 heavy (non-hydrogen) atoms. The van der Waals surface area contributed by atoms with Crippen molar-refractivity contribution in [3.8, 4) is 5.75 Å². The summed E-state index contributed by atoms with van der Waals surface area (Å²) in [5, 5.41) is 5.81. The van der Waals surface area contributed by atoms with Gasteiger partial charge in [-0.1, -0.05) is 42.5 Å². The third-order valence-corrected chi connectivity index (χ3v) is 3.43. The van der Waals surface area contributed by atoms with E-state index in [0.717, 1.165) is 11.3 Å². The molecule has 120 valence electrons. The number of hydrogen-bond donors (Lipinski definition) is 2. The number of ether oxygens (including phenoxy) is 1. The molecule has 0 bridgehead atoms. The van der Waals surface area contributed by atoms with Crippen molar-refractivity contribution < 1.29 is 9.53 Å². The van der Waals surface area contributed by atoms with Crippen molar-refractivity contribution in [1.82, 2.24) is 10.6 Å². The first-order chi connectivity index (χ1) is 11.8. The Labute approximate surface area is 141 Å². The Balaban J connectivity index is 1.57. The molecule has 0 saturated heterocycles. The van der Waals surface area contributed by atoms with E-state index < -0.39 is 0 Å². The van der Waals surface area contributed by atoms with Gasteiger partial charge in [0.25, 0.3) is 5.91 Å². The molecule has 3 rings (SSSR count). The maximum absolute atomic E-state index is 12.2. The minimum Gasteiger partial charge on any atom is -0.489 e. The SMILES string of the molecule is O=C(NC1=CC=CC=CN1)c1ccc(OCc2ccccc2)cc1. The van der Waals surface area contributed by atoms with Crippen LogP contribution in [0.25, 0.3) is 0 Å². The average molecular weight is 318 g/mol. The second kappa shape index (κ2) is 7.83. The summed E-state index contributed by atoms with van der Waals surface area (Å²) >= 11 is 0. The number of nitrogens with one attached hydrogen (secondary N) is 2. The van der Waals surface area contributed by atoms with Gasteiger partial charge in [-0.05, 0) is 42.0 Å². The van der Waals surface area contributed by atoms with Gasteiger partial charge in [0, 0.05) is 11.8 Å². The smallest absolute Gasteiger partial charge is 0.256 e. The van der Waals surface area contributed by atoms with Crippen LogP contribution in [0.2, 0.25) is 0 Å². The molecule has 0 aliphatic carbocycles. The molecule has 1 heterocycles. The van der Waals surface area contributed by atoms with E-state index in [-0.39, 0.29) is 5.91 Å². The molecule has 0 saturated carbocycles. The average Bonchev–Trinajstić information content (AvgIpc) is 2.90. The number of carbonyl (C=O) groups excluding carboxylic acids is 1. The largest absolute Gasteiger partial charge is 0.489 e. The fraction of sp³-hybridized carbons (Fsp3) is 0.0500. The molecule has 1 aliphatic rings.